The van der Waals surface area contributed by atoms with Gasteiger partial charge in [-0.05, 0) is 96.3 Å². The van der Waals surface area contributed by atoms with E-state index in [4.69, 9.17) is 14.2 Å². The molecule has 0 aliphatic carbocycles. The summed E-state index contributed by atoms with van der Waals surface area (Å²) < 4.78 is 17.0. The van der Waals surface area contributed by atoms with Gasteiger partial charge in [-0.3, -0.25) is 14.4 Å². The lowest BCUT2D eigenvalue weighted by atomic mass is 10.0. The number of hydrogen-bond donors (Lipinski definition) is 0. The van der Waals surface area contributed by atoms with E-state index < -0.39 is 6.10 Å². The van der Waals surface area contributed by atoms with Crippen LogP contribution in [0, 0.1) is 0 Å². The number of ether oxygens (including phenoxy) is 3. The molecule has 0 aromatic rings. The normalized spacial score (nSPS) is 12.6. The molecule has 6 nitrogen and oxygen atoms in total. The molecule has 0 radical (unpaired) electrons. The zero-order valence-electron chi connectivity index (χ0n) is 53.8. The van der Waals surface area contributed by atoms with E-state index in [1.165, 1.54) is 212 Å². The van der Waals surface area contributed by atoms with Gasteiger partial charge in [0.15, 0.2) is 6.10 Å². The maximum absolute atomic E-state index is 12.9. The summed E-state index contributed by atoms with van der Waals surface area (Å²) in [6, 6.07) is 0. The highest BCUT2D eigenvalue weighted by Crippen LogP contribution is 2.17. The summed E-state index contributed by atoms with van der Waals surface area (Å²) in [6.45, 7) is 6.55. The Labute approximate surface area is 503 Å². The third kappa shape index (κ3) is 67.3. The lowest BCUT2D eigenvalue weighted by Gasteiger charge is -2.18. The number of allylic oxidation sites excluding steroid dienone is 14. The summed E-state index contributed by atoms with van der Waals surface area (Å²) in [5, 5.41) is 0. The molecule has 0 heterocycles. The van der Waals surface area contributed by atoms with Crippen molar-refractivity contribution in [3.05, 3.63) is 85.1 Å². The van der Waals surface area contributed by atoms with Gasteiger partial charge in [0.2, 0.25) is 0 Å². The standard InChI is InChI=1S/C75H132O6/c1-4-7-10-13-16-19-22-25-27-29-31-33-35-36-37-38-40-41-43-45-47-50-53-56-59-62-65-68-74(77)80-71-72(70-79-73(76)67-64-61-58-55-52-49-24-21-18-15-12-9-6-3)81-75(78)69-66-63-60-57-54-51-48-46-44-42-39-34-32-30-28-26-23-20-17-14-11-8-5-2/h8,11,17,20,22,25-26,28-29,31-32,34,42,44,72H,4-7,9-10,12-16,18-19,21,23-24,27,30,33,35-41,43,45-71H2,1-3H3/b11-8-,20-17-,25-22-,28-26-,31-29-,34-32-,44-42-. The number of unbranched alkanes of at least 4 members (excludes halogenated alkanes) is 39. The van der Waals surface area contributed by atoms with Gasteiger partial charge in [-0.2, -0.15) is 0 Å². The lowest BCUT2D eigenvalue weighted by molar-refractivity contribution is -0.167. The molecule has 0 rings (SSSR count). The van der Waals surface area contributed by atoms with Gasteiger partial charge < -0.3 is 14.2 Å². The van der Waals surface area contributed by atoms with Crippen LogP contribution in [0.1, 0.15) is 355 Å². The van der Waals surface area contributed by atoms with Gasteiger partial charge >= 0.3 is 17.9 Å². The molecule has 0 N–H and O–H groups in total. The highest BCUT2D eigenvalue weighted by Gasteiger charge is 2.19. The maximum atomic E-state index is 12.9. The third-order valence-corrected chi connectivity index (χ3v) is 15.4. The van der Waals surface area contributed by atoms with E-state index in [0.29, 0.717) is 19.3 Å². The van der Waals surface area contributed by atoms with Crippen LogP contribution in [0.15, 0.2) is 85.1 Å². The number of rotatable bonds is 64. The van der Waals surface area contributed by atoms with Gasteiger partial charge in [-0.15, -0.1) is 0 Å². The zero-order chi connectivity index (χ0) is 58.5. The molecular formula is C75H132O6. The highest BCUT2D eigenvalue weighted by molar-refractivity contribution is 5.71. The van der Waals surface area contributed by atoms with Crippen molar-refractivity contribution in [2.45, 2.75) is 361 Å². The smallest absolute Gasteiger partial charge is 0.306 e. The summed E-state index contributed by atoms with van der Waals surface area (Å²) in [5.41, 5.74) is 0. The van der Waals surface area contributed by atoms with Crippen molar-refractivity contribution < 1.29 is 28.6 Å². The fraction of sp³-hybridized carbons (Fsp3) is 0.773. The number of hydrogen-bond acceptors (Lipinski definition) is 6. The van der Waals surface area contributed by atoms with E-state index in [0.717, 1.165) is 103 Å². The van der Waals surface area contributed by atoms with Crippen LogP contribution in [0.25, 0.3) is 0 Å². The van der Waals surface area contributed by atoms with Crippen molar-refractivity contribution in [1.29, 1.82) is 0 Å². The molecule has 0 bridgehead atoms. The average Bonchev–Trinajstić information content (AvgIpc) is 3.46. The fourth-order valence-corrected chi connectivity index (χ4v) is 10.2. The Balaban J connectivity index is 4.28. The molecule has 0 aliphatic rings. The number of carbonyl (C=O) groups is 3. The SMILES string of the molecule is CC/C=C\C/C=C\C/C=C\C/C=C\C/C=C\CCCCCCCCCC(=O)OC(COC(=O)CCCCCCCCCCCCCCC)COC(=O)CCCCCCCCCCCCCCCCC/C=C\C/C=C\CCCCCCC. The van der Waals surface area contributed by atoms with Crippen LogP contribution in [-0.4, -0.2) is 37.2 Å². The summed E-state index contributed by atoms with van der Waals surface area (Å²) in [7, 11) is 0. The van der Waals surface area contributed by atoms with Crippen LogP contribution in [0.3, 0.4) is 0 Å². The van der Waals surface area contributed by atoms with Crippen LogP contribution >= 0.6 is 0 Å². The molecule has 0 spiro atoms. The first-order valence-corrected chi connectivity index (χ1v) is 35.1. The molecule has 0 saturated carbocycles. The van der Waals surface area contributed by atoms with E-state index in [1.807, 2.05) is 0 Å². The van der Waals surface area contributed by atoms with Crippen molar-refractivity contribution in [2.75, 3.05) is 13.2 Å². The second-order valence-corrected chi connectivity index (χ2v) is 23.4. The second kappa shape index (κ2) is 69.1. The number of esters is 3. The average molecular weight is 1130 g/mol. The van der Waals surface area contributed by atoms with Crippen molar-refractivity contribution >= 4 is 17.9 Å². The maximum Gasteiger partial charge on any atom is 0.306 e. The minimum absolute atomic E-state index is 0.0772. The first kappa shape index (κ1) is 77.6. The minimum Gasteiger partial charge on any atom is -0.462 e. The fourth-order valence-electron chi connectivity index (χ4n) is 10.2. The molecule has 1 unspecified atom stereocenters. The summed E-state index contributed by atoms with van der Waals surface area (Å²) in [5.74, 6) is -0.870. The topological polar surface area (TPSA) is 78.9 Å². The molecular weight excluding hydrogens is 997 g/mol. The Morgan fingerprint density at radius 2 is 0.481 bits per heavy atom. The second-order valence-electron chi connectivity index (χ2n) is 23.4. The van der Waals surface area contributed by atoms with Gasteiger partial charge in [-0.25, -0.2) is 0 Å². The van der Waals surface area contributed by atoms with Gasteiger partial charge in [0.25, 0.3) is 0 Å². The van der Waals surface area contributed by atoms with Gasteiger partial charge in [0.1, 0.15) is 13.2 Å². The monoisotopic (exact) mass is 1130 g/mol. The predicted molar refractivity (Wildman–Crippen MR) is 353 cm³/mol. The van der Waals surface area contributed by atoms with Gasteiger partial charge in [0.05, 0.1) is 0 Å². The Hall–Kier alpha value is -3.41. The van der Waals surface area contributed by atoms with E-state index in [1.54, 1.807) is 0 Å². The van der Waals surface area contributed by atoms with Crippen molar-refractivity contribution in [2.24, 2.45) is 0 Å². The molecule has 0 saturated heterocycles. The molecule has 81 heavy (non-hydrogen) atoms. The number of carbonyl (C=O) groups excluding carboxylic acids is 3. The molecule has 6 heteroatoms. The Bertz CT molecular complexity index is 1530. The Morgan fingerprint density at radius 3 is 0.753 bits per heavy atom. The molecule has 0 aromatic heterocycles. The van der Waals surface area contributed by atoms with Crippen LogP contribution < -0.4 is 0 Å². The Kier molecular flexibility index (Phi) is 66.2. The van der Waals surface area contributed by atoms with E-state index >= 15 is 0 Å². The lowest BCUT2D eigenvalue weighted by Crippen LogP contribution is -2.30. The quantitative estimate of drug-likeness (QED) is 0.0261. The molecule has 0 amide bonds. The summed E-state index contributed by atoms with van der Waals surface area (Å²) in [4.78, 5) is 38.4. The minimum atomic E-state index is -0.782. The van der Waals surface area contributed by atoms with Crippen LogP contribution in [-0.2, 0) is 28.6 Å². The molecule has 468 valence electrons. The van der Waals surface area contributed by atoms with Crippen molar-refractivity contribution in [3.8, 4) is 0 Å². The van der Waals surface area contributed by atoms with Crippen LogP contribution in [0.2, 0.25) is 0 Å². The van der Waals surface area contributed by atoms with Gasteiger partial charge in [-0.1, -0.05) is 324 Å². The first-order valence-electron chi connectivity index (χ1n) is 35.1. The van der Waals surface area contributed by atoms with Crippen molar-refractivity contribution in [3.63, 3.8) is 0 Å². The largest absolute Gasteiger partial charge is 0.462 e. The first-order chi connectivity index (χ1) is 40.0. The van der Waals surface area contributed by atoms with Gasteiger partial charge in [0, 0.05) is 19.3 Å². The Morgan fingerprint density at radius 1 is 0.259 bits per heavy atom. The van der Waals surface area contributed by atoms with Crippen molar-refractivity contribution in [1.82, 2.24) is 0 Å². The highest BCUT2D eigenvalue weighted by atomic mass is 16.6. The summed E-state index contributed by atoms with van der Waals surface area (Å²) in [6.07, 6.45) is 91.7. The van der Waals surface area contributed by atoms with Crippen LogP contribution in [0.5, 0.6) is 0 Å². The molecule has 0 aromatic carbocycles. The molecule has 1 atom stereocenters. The third-order valence-electron chi connectivity index (χ3n) is 15.4. The summed E-state index contributed by atoms with van der Waals surface area (Å²) >= 11 is 0. The van der Waals surface area contributed by atoms with E-state index in [-0.39, 0.29) is 31.1 Å². The van der Waals surface area contributed by atoms with E-state index in [9.17, 15) is 14.4 Å². The van der Waals surface area contributed by atoms with E-state index in [2.05, 4.69) is 106 Å². The van der Waals surface area contributed by atoms with Crippen LogP contribution in [0.4, 0.5) is 0 Å². The zero-order valence-corrected chi connectivity index (χ0v) is 53.8. The molecule has 0 fully saturated rings. The molecule has 0 aliphatic heterocycles. The predicted octanol–water partition coefficient (Wildman–Crippen LogP) is 24.2.